The molecular weight excluding hydrogens is 391 g/mol. The number of carbonyl (C=O) groups excluding carboxylic acids is 1. The molecular formula is C18H21FN2O6S. The van der Waals surface area contributed by atoms with E-state index < -0.39 is 31.9 Å². The summed E-state index contributed by atoms with van der Waals surface area (Å²) in [5.74, 6) is -1.23. The van der Waals surface area contributed by atoms with Crippen LogP contribution in [0.15, 0.2) is 41.3 Å². The fourth-order valence-corrected chi connectivity index (χ4v) is 3.48. The summed E-state index contributed by atoms with van der Waals surface area (Å²) in [6, 6.07) is 7.57. The zero-order valence-electron chi connectivity index (χ0n) is 15.6. The molecule has 2 rings (SSSR count). The number of halogens is 1. The Bertz CT molecular complexity index is 1030. The Kier molecular flexibility index (Phi) is 6.25. The van der Waals surface area contributed by atoms with Gasteiger partial charge in [-0.15, -0.1) is 0 Å². The fourth-order valence-electron chi connectivity index (χ4n) is 2.63. The number of hydroxylamine groups is 1. The summed E-state index contributed by atoms with van der Waals surface area (Å²) in [5.41, 5.74) is 1.32. The summed E-state index contributed by atoms with van der Waals surface area (Å²) >= 11 is 0. The van der Waals surface area contributed by atoms with E-state index in [2.05, 4.69) is 0 Å². The number of aryl methyl sites for hydroxylation is 1. The lowest BCUT2D eigenvalue weighted by atomic mass is 10.1. The molecule has 2 N–H and O–H groups in total. The molecule has 0 aliphatic carbocycles. The Labute approximate surface area is 161 Å². The maximum absolute atomic E-state index is 14.5. The van der Waals surface area contributed by atoms with Gasteiger partial charge in [-0.05, 0) is 31.0 Å². The SMILES string of the molecule is COc1ccc(-c2cc(=O)n(CC[C@](C)(C(=O)NO)S(C)(=O)=O)cc2F)cc1. The molecule has 1 aromatic carbocycles. The highest BCUT2D eigenvalue weighted by atomic mass is 32.2. The van der Waals surface area contributed by atoms with E-state index in [4.69, 9.17) is 9.94 Å². The van der Waals surface area contributed by atoms with Gasteiger partial charge in [-0.1, -0.05) is 12.1 Å². The number of hydrogen-bond donors (Lipinski definition) is 2. The number of hydrogen-bond acceptors (Lipinski definition) is 6. The number of nitrogens with zero attached hydrogens (tertiary/aromatic N) is 1. The van der Waals surface area contributed by atoms with Crippen molar-refractivity contribution >= 4 is 15.7 Å². The minimum absolute atomic E-state index is 0.0860. The molecule has 1 aromatic heterocycles. The molecule has 1 heterocycles. The van der Waals surface area contributed by atoms with E-state index in [1.54, 1.807) is 24.3 Å². The third-order valence-corrected chi connectivity index (χ3v) is 6.73. The lowest BCUT2D eigenvalue weighted by Crippen LogP contribution is -2.50. The van der Waals surface area contributed by atoms with E-state index >= 15 is 0 Å². The molecule has 0 saturated carbocycles. The van der Waals surface area contributed by atoms with Crippen LogP contribution in [0.3, 0.4) is 0 Å². The normalized spacial score (nSPS) is 13.6. The van der Waals surface area contributed by atoms with E-state index in [0.717, 1.165) is 30.0 Å². The largest absolute Gasteiger partial charge is 0.497 e. The van der Waals surface area contributed by atoms with Crippen molar-refractivity contribution in [3.05, 3.63) is 52.7 Å². The maximum Gasteiger partial charge on any atom is 0.264 e. The van der Waals surface area contributed by atoms with Crippen LogP contribution in [0, 0.1) is 5.82 Å². The summed E-state index contributed by atoms with van der Waals surface area (Å²) in [4.78, 5) is 24.2. The first-order valence-electron chi connectivity index (χ1n) is 8.22. The quantitative estimate of drug-likeness (QED) is 0.524. The highest BCUT2D eigenvalue weighted by Gasteiger charge is 2.43. The van der Waals surface area contributed by atoms with Crippen LogP contribution in [-0.2, 0) is 21.2 Å². The Morgan fingerprint density at radius 1 is 1.32 bits per heavy atom. The van der Waals surface area contributed by atoms with Crippen molar-refractivity contribution in [2.75, 3.05) is 13.4 Å². The molecule has 10 heteroatoms. The molecule has 1 amide bonds. The van der Waals surface area contributed by atoms with Crippen molar-refractivity contribution in [1.29, 1.82) is 0 Å². The van der Waals surface area contributed by atoms with Crippen LogP contribution < -0.4 is 15.8 Å². The second-order valence-electron chi connectivity index (χ2n) is 6.49. The average Bonchev–Trinajstić information content (AvgIpc) is 2.66. The van der Waals surface area contributed by atoms with E-state index in [-0.39, 0.29) is 18.5 Å². The van der Waals surface area contributed by atoms with Gasteiger partial charge in [0.15, 0.2) is 14.6 Å². The molecule has 152 valence electrons. The van der Waals surface area contributed by atoms with Crippen LogP contribution in [0.1, 0.15) is 13.3 Å². The van der Waals surface area contributed by atoms with Crippen molar-refractivity contribution in [2.45, 2.75) is 24.6 Å². The molecule has 0 aliphatic rings. The third kappa shape index (κ3) is 4.23. The summed E-state index contributed by atoms with van der Waals surface area (Å²) in [7, 11) is -2.42. The number of methoxy groups -OCH3 is 1. The van der Waals surface area contributed by atoms with Crippen LogP contribution in [0.4, 0.5) is 4.39 Å². The van der Waals surface area contributed by atoms with E-state index in [1.165, 1.54) is 12.6 Å². The molecule has 0 aliphatic heterocycles. The third-order valence-electron chi connectivity index (χ3n) is 4.71. The summed E-state index contributed by atoms with van der Waals surface area (Å²) in [6.07, 6.45) is 1.47. The van der Waals surface area contributed by atoms with Crippen molar-refractivity contribution in [3.8, 4) is 16.9 Å². The minimum Gasteiger partial charge on any atom is -0.497 e. The molecule has 8 nitrogen and oxygen atoms in total. The first-order valence-corrected chi connectivity index (χ1v) is 10.1. The van der Waals surface area contributed by atoms with Gasteiger partial charge in [-0.25, -0.2) is 18.3 Å². The predicted octanol–water partition coefficient (Wildman–Crippen LogP) is 1.36. The van der Waals surface area contributed by atoms with E-state index in [1.807, 2.05) is 0 Å². The smallest absolute Gasteiger partial charge is 0.264 e. The maximum atomic E-state index is 14.5. The monoisotopic (exact) mass is 412 g/mol. The number of ether oxygens (including phenoxy) is 1. The Morgan fingerprint density at radius 2 is 1.93 bits per heavy atom. The Hall–Kier alpha value is -2.72. The second kappa shape index (κ2) is 8.11. The number of nitrogens with one attached hydrogen (secondary N) is 1. The van der Waals surface area contributed by atoms with Crippen molar-refractivity contribution in [2.24, 2.45) is 0 Å². The number of pyridine rings is 1. The molecule has 28 heavy (non-hydrogen) atoms. The van der Waals surface area contributed by atoms with Gasteiger partial charge >= 0.3 is 0 Å². The molecule has 2 aromatic rings. The standard InChI is InChI=1S/C18H21FN2O6S/c1-18(17(23)20-24,28(3,25)26)8-9-21-11-15(19)14(10-16(21)22)12-4-6-13(27-2)7-5-12/h4-7,10-11,24H,8-9H2,1-3H3,(H,20,23)/t18-/m1/s1. The molecule has 0 radical (unpaired) electrons. The van der Waals surface area contributed by atoms with E-state index in [9.17, 15) is 22.4 Å². The number of aromatic nitrogens is 1. The number of benzene rings is 1. The molecule has 0 unspecified atom stereocenters. The van der Waals surface area contributed by atoms with E-state index in [0.29, 0.717) is 11.3 Å². The number of rotatable bonds is 7. The highest BCUT2D eigenvalue weighted by Crippen LogP contribution is 2.25. The van der Waals surface area contributed by atoms with Gasteiger partial charge < -0.3 is 9.30 Å². The molecule has 1 atom stereocenters. The summed E-state index contributed by atoms with van der Waals surface area (Å²) < 4.78 is 42.5. The first kappa shape index (κ1) is 21.6. The first-order chi connectivity index (χ1) is 13.0. The second-order valence-corrected chi connectivity index (χ2v) is 8.93. The van der Waals surface area contributed by atoms with Crippen molar-refractivity contribution in [1.82, 2.24) is 10.0 Å². The number of amides is 1. The topological polar surface area (TPSA) is 115 Å². The molecule has 0 bridgehead atoms. The number of carbonyl (C=O) groups is 1. The predicted molar refractivity (Wildman–Crippen MR) is 100 cm³/mol. The molecule has 0 spiro atoms. The summed E-state index contributed by atoms with van der Waals surface area (Å²) in [5, 5.41) is 8.83. The van der Waals surface area contributed by atoms with Crippen LogP contribution >= 0.6 is 0 Å². The lowest BCUT2D eigenvalue weighted by molar-refractivity contribution is -0.131. The van der Waals surface area contributed by atoms with Gasteiger partial charge in [0.05, 0.1) is 7.11 Å². The van der Waals surface area contributed by atoms with Gasteiger partial charge in [0, 0.05) is 30.6 Å². The minimum atomic E-state index is -3.92. The van der Waals surface area contributed by atoms with Gasteiger partial charge in [0.1, 0.15) is 11.6 Å². The number of sulfone groups is 1. The molecule has 0 saturated heterocycles. The van der Waals surface area contributed by atoms with Crippen molar-refractivity contribution in [3.63, 3.8) is 0 Å². The van der Waals surface area contributed by atoms with Gasteiger partial charge in [0.2, 0.25) is 0 Å². The zero-order chi connectivity index (χ0) is 21.1. The molecule has 0 fully saturated rings. The summed E-state index contributed by atoms with van der Waals surface area (Å²) in [6.45, 7) is 0.886. The Balaban J connectivity index is 2.34. The lowest BCUT2D eigenvalue weighted by Gasteiger charge is -2.25. The van der Waals surface area contributed by atoms with Gasteiger partial charge in [-0.2, -0.15) is 0 Å². The van der Waals surface area contributed by atoms with Crippen LogP contribution in [0.2, 0.25) is 0 Å². The average molecular weight is 412 g/mol. The van der Waals surface area contributed by atoms with Crippen LogP contribution in [-0.4, -0.2) is 42.2 Å². The van der Waals surface area contributed by atoms with Crippen LogP contribution in [0.5, 0.6) is 5.75 Å². The van der Waals surface area contributed by atoms with Crippen LogP contribution in [0.25, 0.3) is 11.1 Å². The van der Waals surface area contributed by atoms with Gasteiger partial charge in [-0.3, -0.25) is 14.8 Å². The Morgan fingerprint density at radius 3 is 2.43 bits per heavy atom. The van der Waals surface area contributed by atoms with Gasteiger partial charge in [0.25, 0.3) is 11.5 Å². The zero-order valence-corrected chi connectivity index (χ0v) is 16.4. The highest BCUT2D eigenvalue weighted by molar-refractivity contribution is 7.92. The van der Waals surface area contributed by atoms with Crippen molar-refractivity contribution < 1.29 is 27.5 Å². The fraction of sp³-hybridized carbons (Fsp3) is 0.333.